The molecule has 2 rings (SSSR count). The Morgan fingerprint density at radius 1 is 1.16 bits per heavy atom. The molecule has 0 radical (unpaired) electrons. The molecule has 0 bridgehead atoms. The lowest BCUT2D eigenvalue weighted by molar-refractivity contribution is -0.140. The van der Waals surface area contributed by atoms with Crippen molar-refractivity contribution in [1.29, 1.82) is 0 Å². The molecule has 0 spiro atoms. The van der Waals surface area contributed by atoms with Crippen LogP contribution in [-0.2, 0) is 19.4 Å². The van der Waals surface area contributed by atoms with Gasteiger partial charge >= 0.3 is 12.0 Å². The molecule has 2 aliphatic rings. The van der Waals surface area contributed by atoms with E-state index in [1.54, 1.807) is 14.1 Å². The van der Waals surface area contributed by atoms with Gasteiger partial charge in [-0.15, -0.1) is 0 Å². The number of nitrogens with one attached hydrogen (secondary N) is 1. The first kappa shape index (κ1) is 19.4. The van der Waals surface area contributed by atoms with Crippen LogP contribution in [-0.4, -0.2) is 110 Å². The quantitative estimate of drug-likeness (QED) is 0.570. The van der Waals surface area contributed by atoms with Crippen molar-refractivity contribution >= 4 is 27.7 Å². The van der Waals surface area contributed by atoms with E-state index in [2.05, 4.69) is 5.32 Å². The standard InChI is InChI=1S/C14H24N4O6S/c1-16(2)14(22)15-7-12(19)18-6-5-17(4-3-13(20)21)10-8-25(23,24)9-11(10)18/h10-11H,3-9H2,1-2H3,(H,15,22)(H,20,21)/t10-,11+/m1/s1. The van der Waals surface area contributed by atoms with Crippen LogP contribution in [0.25, 0.3) is 0 Å². The first-order valence-electron chi connectivity index (χ1n) is 8.01. The number of piperazine rings is 1. The molecule has 25 heavy (non-hydrogen) atoms. The van der Waals surface area contributed by atoms with Crippen LogP contribution >= 0.6 is 0 Å². The Hall–Kier alpha value is -1.88. The summed E-state index contributed by atoms with van der Waals surface area (Å²) in [5.41, 5.74) is 0. The fraction of sp³-hybridized carbons (Fsp3) is 0.786. The number of amides is 3. The lowest BCUT2D eigenvalue weighted by Gasteiger charge is -2.43. The molecule has 2 N–H and O–H groups in total. The number of carbonyl (C=O) groups excluding carboxylic acids is 2. The maximum absolute atomic E-state index is 12.4. The number of hydrogen-bond acceptors (Lipinski definition) is 6. The average Bonchev–Trinajstić information content (AvgIpc) is 2.84. The summed E-state index contributed by atoms with van der Waals surface area (Å²) in [4.78, 5) is 39.4. The lowest BCUT2D eigenvalue weighted by atomic mass is 10.0. The smallest absolute Gasteiger partial charge is 0.317 e. The van der Waals surface area contributed by atoms with E-state index in [1.165, 1.54) is 9.80 Å². The van der Waals surface area contributed by atoms with Crippen molar-refractivity contribution in [3.63, 3.8) is 0 Å². The molecule has 0 aromatic rings. The van der Waals surface area contributed by atoms with E-state index in [0.29, 0.717) is 13.1 Å². The Morgan fingerprint density at radius 3 is 2.40 bits per heavy atom. The second-order valence-corrected chi connectivity index (χ2v) is 8.69. The van der Waals surface area contributed by atoms with Crippen molar-refractivity contribution in [3.8, 4) is 0 Å². The molecule has 2 atom stereocenters. The summed E-state index contributed by atoms with van der Waals surface area (Å²) in [5, 5.41) is 11.3. The van der Waals surface area contributed by atoms with Crippen LogP contribution in [0, 0.1) is 0 Å². The van der Waals surface area contributed by atoms with Crippen molar-refractivity contribution in [1.82, 2.24) is 20.0 Å². The molecule has 0 aromatic carbocycles. The van der Waals surface area contributed by atoms with E-state index >= 15 is 0 Å². The number of aliphatic carboxylic acids is 1. The van der Waals surface area contributed by atoms with E-state index in [1.807, 2.05) is 4.90 Å². The minimum atomic E-state index is -3.29. The Labute approximate surface area is 146 Å². The summed E-state index contributed by atoms with van der Waals surface area (Å²) in [7, 11) is -0.178. The highest BCUT2D eigenvalue weighted by Crippen LogP contribution is 2.27. The Morgan fingerprint density at radius 2 is 1.80 bits per heavy atom. The summed E-state index contributed by atoms with van der Waals surface area (Å²) >= 11 is 0. The molecule has 2 fully saturated rings. The number of nitrogens with zero attached hydrogens (tertiary/aromatic N) is 3. The van der Waals surface area contributed by atoms with Gasteiger partial charge in [0.1, 0.15) is 0 Å². The van der Waals surface area contributed by atoms with E-state index in [0.717, 1.165) is 0 Å². The zero-order valence-electron chi connectivity index (χ0n) is 14.3. The molecule has 3 amide bonds. The van der Waals surface area contributed by atoms with Gasteiger partial charge in [0.2, 0.25) is 5.91 Å². The second-order valence-electron chi connectivity index (χ2n) is 6.53. The largest absolute Gasteiger partial charge is 0.481 e. The van der Waals surface area contributed by atoms with Crippen molar-refractivity contribution in [2.75, 3.05) is 51.8 Å². The summed E-state index contributed by atoms with van der Waals surface area (Å²) in [6.07, 6.45) is -0.0733. The second kappa shape index (κ2) is 7.56. The summed E-state index contributed by atoms with van der Waals surface area (Å²) < 4.78 is 24.1. The van der Waals surface area contributed by atoms with Gasteiger partial charge in [0.15, 0.2) is 9.84 Å². The van der Waals surface area contributed by atoms with Gasteiger partial charge in [-0.25, -0.2) is 13.2 Å². The fourth-order valence-corrected chi connectivity index (χ4v) is 5.27. The lowest BCUT2D eigenvalue weighted by Crippen LogP contribution is -2.62. The van der Waals surface area contributed by atoms with Crippen LogP contribution in [0.4, 0.5) is 4.79 Å². The van der Waals surface area contributed by atoms with Crippen LogP contribution in [0.15, 0.2) is 0 Å². The Bertz CT molecular complexity index is 650. The third-order valence-electron chi connectivity index (χ3n) is 4.52. The normalized spacial score (nSPS) is 25.3. The van der Waals surface area contributed by atoms with Crippen LogP contribution < -0.4 is 5.32 Å². The Balaban J connectivity index is 2.05. The molecule has 0 unspecified atom stereocenters. The summed E-state index contributed by atoms with van der Waals surface area (Å²) in [5.74, 6) is -1.48. The molecule has 10 nitrogen and oxygen atoms in total. The number of sulfone groups is 1. The number of fused-ring (bicyclic) bond motifs is 1. The molecule has 2 saturated heterocycles. The van der Waals surface area contributed by atoms with Gasteiger partial charge in [0, 0.05) is 39.8 Å². The molecule has 142 valence electrons. The number of hydrogen-bond donors (Lipinski definition) is 2. The third kappa shape index (κ3) is 4.82. The van der Waals surface area contributed by atoms with Crippen LogP contribution in [0.1, 0.15) is 6.42 Å². The van der Waals surface area contributed by atoms with Gasteiger partial charge in [-0.2, -0.15) is 0 Å². The molecule has 0 aliphatic carbocycles. The van der Waals surface area contributed by atoms with E-state index < -0.39 is 33.9 Å². The van der Waals surface area contributed by atoms with Gasteiger partial charge in [-0.05, 0) is 0 Å². The predicted octanol–water partition coefficient (Wildman–Crippen LogP) is -1.96. The van der Waals surface area contributed by atoms with Crippen LogP contribution in [0.2, 0.25) is 0 Å². The molecule has 2 heterocycles. The SMILES string of the molecule is CN(C)C(=O)NCC(=O)N1CCN(CCC(=O)O)[C@@H]2CS(=O)(=O)C[C@@H]21. The van der Waals surface area contributed by atoms with Gasteiger partial charge in [0.05, 0.1) is 30.5 Å². The maximum atomic E-state index is 12.4. The number of carboxylic acids is 1. The molecule has 11 heteroatoms. The van der Waals surface area contributed by atoms with Crippen LogP contribution in [0.3, 0.4) is 0 Å². The molecule has 0 aromatic heterocycles. The minimum Gasteiger partial charge on any atom is -0.481 e. The van der Waals surface area contributed by atoms with Crippen molar-refractivity contribution < 1.29 is 27.9 Å². The van der Waals surface area contributed by atoms with E-state index in [4.69, 9.17) is 5.11 Å². The topological polar surface area (TPSA) is 127 Å². The number of carbonyl (C=O) groups is 3. The minimum absolute atomic E-state index is 0.0733. The van der Waals surface area contributed by atoms with Crippen molar-refractivity contribution in [2.45, 2.75) is 18.5 Å². The monoisotopic (exact) mass is 376 g/mol. The zero-order valence-corrected chi connectivity index (χ0v) is 15.2. The van der Waals surface area contributed by atoms with E-state index in [9.17, 15) is 22.8 Å². The Kier molecular flexibility index (Phi) is 5.88. The van der Waals surface area contributed by atoms with Crippen LogP contribution in [0.5, 0.6) is 0 Å². The molecule has 0 saturated carbocycles. The zero-order chi connectivity index (χ0) is 18.8. The number of urea groups is 1. The fourth-order valence-electron chi connectivity index (χ4n) is 3.26. The molecular weight excluding hydrogens is 352 g/mol. The van der Waals surface area contributed by atoms with Gasteiger partial charge < -0.3 is 20.2 Å². The van der Waals surface area contributed by atoms with E-state index in [-0.39, 0.29) is 36.9 Å². The highest BCUT2D eigenvalue weighted by atomic mass is 32.2. The van der Waals surface area contributed by atoms with Gasteiger partial charge in [0.25, 0.3) is 0 Å². The van der Waals surface area contributed by atoms with Crippen molar-refractivity contribution in [3.05, 3.63) is 0 Å². The average molecular weight is 376 g/mol. The molecular formula is C14H24N4O6S. The molecule has 2 aliphatic heterocycles. The maximum Gasteiger partial charge on any atom is 0.317 e. The highest BCUT2D eigenvalue weighted by molar-refractivity contribution is 7.91. The summed E-state index contributed by atoms with van der Waals surface area (Å²) in [6.45, 7) is 0.783. The number of carboxylic acid groups (broad SMARTS) is 1. The summed E-state index contributed by atoms with van der Waals surface area (Å²) in [6, 6.07) is -1.30. The third-order valence-corrected chi connectivity index (χ3v) is 6.22. The van der Waals surface area contributed by atoms with Crippen molar-refractivity contribution in [2.24, 2.45) is 0 Å². The predicted molar refractivity (Wildman–Crippen MR) is 88.9 cm³/mol. The highest BCUT2D eigenvalue weighted by Gasteiger charge is 2.47. The van der Waals surface area contributed by atoms with Gasteiger partial charge in [-0.3, -0.25) is 14.5 Å². The first-order chi connectivity index (χ1) is 11.6. The first-order valence-corrected chi connectivity index (χ1v) is 9.84. The number of rotatable bonds is 5. The van der Waals surface area contributed by atoms with Gasteiger partial charge in [-0.1, -0.05) is 0 Å².